The number of nitrogen functional groups attached to an aromatic ring is 1. The number of nitrogens with one attached hydrogen (secondary N) is 1. The summed E-state index contributed by atoms with van der Waals surface area (Å²) in [5.74, 6) is -0.0472. The van der Waals surface area contributed by atoms with Crippen molar-refractivity contribution in [2.75, 3.05) is 43.8 Å². The number of thioether (sulfide) groups is 1. The summed E-state index contributed by atoms with van der Waals surface area (Å²) in [6.07, 6.45) is 1.16. The van der Waals surface area contributed by atoms with E-state index in [4.69, 9.17) is 5.73 Å². The molecule has 2 aliphatic heterocycles. The van der Waals surface area contributed by atoms with Crippen LogP contribution in [0.1, 0.15) is 25.8 Å². The van der Waals surface area contributed by atoms with Gasteiger partial charge in [-0.15, -0.1) is 22.0 Å². The van der Waals surface area contributed by atoms with Crippen molar-refractivity contribution in [2.24, 2.45) is 5.41 Å². The monoisotopic (exact) mass is 432 g/mol. The number of rotatable bonds is 7. The molecule has 1 spiro atoms. The third-order valence-corrected chi connectivity index (χ3v) is 7.21. The molecule has 0 radical (unpaired) electrons. The second-order valence-corrected chi connectivity index (χ2v) is 11.0. The smallest absolute Gasteiger partial charge is 0.240 e. The van der Waals surface area contributed by atoms with Crippen LogP contribution in [0.15, 0.2) is 29.2 Å². The molecule has 0 bridgehead atoms. The average Bonchev–Trinajstić information content (AvgIpc) is 3.22. The minimum atomic E-state index is -0.0472. The first-order chi connectivity index (χ1) is 13.9. The van der Waals surface area contributed by atoms with Gasteiger partial charge in [0.2, 0.25) is 16.2 Å². The molecule has 3 heterocycles. The normalized spacial score (nSPS) is 19.0. The number of hydrogen-bond acceptors (Lipinski definition) is 8. The van der Waals surface area contributed by atoms with Crippen molar-refractivity contribution >= 4 is 39.3 Å². The SMILES string of the molecule is CC(C)Sc1ccccc1CN1CC2(CCN(CC(=O)Nc3nnc(N)s3)C2)C1. The molecule has 2 aromatic rings. The summed E-state index contributed by atoms with van der Waals surface area (Å²) in [4.78, 5) is 18.4. The zero-order valence-electron chi connectivity index (χ0n) is 16.9. The van der Waals surface area contributed by atoms with Crippen LogP contribution in [0, 0.1) is 5.41 Å². The Morgan fingerprint density at radius 3 is 2.76 bits per heavy atom. The van der Waals surface area contributed by atoms with Crippen molar-refractivity contribution in [1.29, 1.82) is 0 Å². The van der Waals surface area contributed by atoms with E-state index < -0.39 is 0 Å². The van der Waals surface area contributed by atoms with Gasteiger partial charge in [0.15, 0.2) is 0 Å². The van der Waals surface area contributed by atoms with Gasteiger partial charge in [0.05, 0.1) is 6.54 Å². The van der Waals surface area contributed by atoms with E-state index in [0.29, 0.717) is 27.5 Å². The quantitative estimate of drug-likeness (QED) is 0.651. The van der Waals surface area contributed by atoms with Gasteiger partial charge in [-0.2, -0.15) is 0 Å². The minimum Gasteiger partial charge on any atom is -0.374 e. The molecule has 156 valence electrons. The Kier molecular flexibility index (Phi) is 6.10. The van der Waals surface area contributed by atoms with Gasteiger partial charge in [-0.25, -0.2) is 0 Å². The molecule has 3 N–H and O–H groups in total. The molecule has 7 nitrogen and oxygen atoms in total. The number of likely N-dealkylation sites (tertiary alicyclic amines) is 2. The fourth-order valence-corrected chi connectivity index (χ4v) is 5.80. The second-order valence-electron chi connectivity index (χ2n) is 8.37. The van der Waals surface area contributed by atoms with E-state index in [1.165, 1.54) is 21.8 Å². The third kappa shape index (κ3) is 5.09. The molecule has 4 rings (SSSR count). The minimum absolute atomic E-state index is 0.0472. The van der Waals surface area contributed by atoms with Crippen LogP contribution in [-0.4, -0.2) is 63.9 Å². The molecular weight excluding hydrogens is 404 g/mol. The Labute approximate surface area is 180 Å². The number of hydrogen-bond donors (Lipinski definition) is 2. The molecule has 2 aliphatic rings. The maximum Gasteiger partial charge on any atom is 0.240 e. The van der Waals surface area contributed by atoms with Gasteiger partial charge in [0.1, 0.15) is 0 Å². The highest BCUT2D eigenvalue weighted by Gasteiger charge is 2.47. The lowest BCUT2D eigenvalue weighted by Crippen LogP contribution is -2.57. The van der Waals surface area contributed by atoms with Gasteiger partial charge < -0.3 is 5.73 Å². The summed E-state index contributed by atoms with van der Waals surface area (Å²) in [6.45, 7) is 10.1. The summed E-state index contributed by atoms with van der Waals surface area (Å²) in [7, 11) is 0. The van der Waals surface area contributed by atoms with E-state index in [-0.39, 0.29) is 5.91 Å². The number of anilines is 2. The van der Waals surface area contributed by atoms with Crippen LogP contribution in [0.4, 0.5) is 10.3 Å². The third-order valence-electron chi connectivity index (χ3n) is 5.42. The highest BCUT2D eigenvalue weighted by molar-refractivity contribution is 8.00. The molecule has 0 aliphatic carbocycles. The summed E-state index contributed by atoms with van der Waals surface area (Å²) < 4.78 is 0. The lowest BCUT2D eigenvalue weighted by Gasteiger charge is -2.48. The summed E-state index contributed by atoms with van der Waals surface area (Å²) in [5.41, 5.74) is 7.32. The van der Waals surface area contributed by atoms with Gasteiger partial charge in [-0.05, 0) is 24.6 Å². The molecule has 2 saturated heterocycles. The second kappa shape index (κ2) is 8.59. The van der Waals surface area contributed by atoms with Crippen LogP contribution in [0.3, 0.4) is 0 Å². The predicted molar refractivity (Wildman–Crippen MR) is 119 cm³/mol. The largest absolute Gasteiger partial charge is 0.374 e. The molecular formula is C20H28N6OS2. The maximum absolute atomic E-state index is 12.3. The first-order valence-corrected chi connectivity index (χ1v) is 11.7. The van der Waals surface area contributed by atoms with Gasteiger partial charge in [-0.1, -0.05) is 43.4 Å². The highest BCUT2D eigenvalue weighted by Crippen LogP contribution is 2.41. The number of carbonyl (C=O) groups excluding carboxylic acids is 1. The van der Waals surface area contributed by atoms with Gasteiger partial charge in [0.25, 0.3) is 0 Å². The van der Waals surface area contributed by atoms with Crippen molar-refractivity contribution in [3.63, 3.8) is 0 Å². The molecule has 2 fully saturated rings. The topological polar surface area (TPSA) is 87.4 Å². The van der Waals surface area contributed by atoms with Gasteiger partial charge in [0, 0.05) is 41.7 Å². The maximum atomic E-state index is 12.3. The van der Waals surface area contributed by atoms with Crippen LogP contribution in [0.2, 0.25) is 0 Å². The van der Waals surface area contributed by atoms with E-state index in [9.17, 15) is 4.79 Å². The van der Waals surface area contributed by atoms with Crippen LogP contribution >= 0.6 is 23.1 Å². The standard InChI is InChI=1S/C20H28N6OS2/c1-14(2)28-16-6-4-3-5-15(16)9-26-12-20(13-26)7-8-25(11-20)10-17(27)22-19-24-23-18(21)29-19/h3-6,14H,7-13H2,1-2H3,(H2,21,23)(H,22,24,27). The predicted octanol–water partition coefficient (Wildman–Crippen LogP) is 2.77. The first-order valence-electron chi connectivity index (χ1n) is 9.99. The van der Waals surface area contributed by atoms with Crippen molar-refractivity contribution in [3.8, 4) is 0 Å². The number of aromatic nitrogens is 2. The molecule has 0 saturated carbocycles. The summed E-state index contributed by atoms with van der Waals surface area (Å²) in [5, 5.41) is 11.8. The van der Waals surface area contributed by atoms with Crippen LogP contribution in [0.5, 0.6) is 0 Å². The molecule has 1 amide bonds. The Morgan fingerprint density at radius 2 is 2.03 bits per heavy atom. The number of amides is 1. The molecule has 29 heavy (non-hydrogen) atoms. The zero-order valence-corrected chi connectivity index (χ0v) is 18.6. The van der Waals surface area contributed by atoms with E-state index in [1.807, 2.05) is 11.8 Å². The van der Waals surface area contributed by atoms with Crippen molar-refractivity contribution in [3.05, 3.63) is 29.8 Å². The highest BCUT2D eigenvalue weighted by atomic mass is 32.2. The summed E-state index contributed by atoms with van der Waals surface area (Å²) in [6, 6.07) is 8.75. The van der Waals surface area contributed by atoms with Crippen molar-refractivity contribution in [2.45, 2.75) is 37.0 Å². The van der Waals surface area contributed by atoms with Crippen LogP contribution in [0.25, 0.3) is 0 Å². The molecule has 0 unspecified atom stereocenters. The first kappa shape index (κ1) is 20.6. The number of nitrogens with zero attached hydrogens (tertiary/aromatic N) is 4. The Bertz CT molecular complexity index is 864. The van der Waals surface area contributed by atoms with Crippen molar-refractivity contribution < 1.29 is 4.79 Å². The van der Waals surface area contributed by atoms with E-state index in [2.05, 4.69) is 63.4 Å². The van der Waals surface area contributed by atoms with E-state index in [0.717, 1.165) is 39.1 Å². The fraction of sp³-hybridized carbons (Fsp3) is 0.550. The van der Waals surface area contributed by atoms with Gasteiger partial charge in [-0.3, -0.25) is 19.9 Å². The van der Waals surface area contributed by atoms with Crippen LogP contribution < -0.4 is 11.1 Å². The molecule has 9 heteroatoms. The molecule has 0 atom stereocenters. The van der Waals surface area contributed by atoms with Gasteiger partial charge >= 0.3 is 0 Å². The van der Waals surface area contributed by atoms with E-state index in [1.54, 1.807) is 0 Å². The number of carbonyl (C=O) groups is 1. The van der Waals surface area contributed by atoms with Crippen LogP contribution in [-0.2, 0) is 11.3 Å². The Hall–Kier alpha value is -1.68. The van der Waals surface area contributed by atoms with Crippen molar-refractivity contribution in [1.82, 2.24) is 20.0 Å². The average molecular weight is 433 g/mol. The number of nitrogens with two attached hydrogens (primary N) is 1. The molecule has 1 aromatic carbocycles. The van der Waals surface area contributed by atoms with E-state index >= 15 is 0 Å². The Balaban J connectivity index is 1.25. The number of benzene rings is 1. The fourth-order valence-electron chi connectivity index (χ4n) is 4.33. The lowest BCUT2D eigenvalue weighted by molar-refractivity contribution is -0.117. The lowest BCUT2D eigenvalue weighted by atomic mass is 9.79. The summed E-state index contributed by atoms with van der Waals surface area (Å²) >= 11 is 3.13. The Morgan fingerprint density at radius 1 is 1.28 bits per heavy atom. The zero-order chi connectivity index (χ0) is 20.4. The molecule has 1 aromatic heterocycles.